The van der Waals surface area contributed by atoms with Crippen LogP contribution in [0.2, 0.25) is 0 Å². The summed E-state index contributed by atoms with van der Waals surface area (Å²) in [5.41, 5.74) is 0. The van der Waals surface area contributed by atoms with E-state index in [1.54, 1.807) is 26.1 Å². The lowest BCUT2D eigenvalue weighted by Crippen LogP contribution is -2.44. The number of guanidine groups is 1. The molecule has 0 spiro atoms. The number of methoxy groups -OCH3 is 1. The molecule has 22 heavy (non-hydrogen) atoms. The fourth-order valence-electron chi connectivity index (χ4n) is 2.19. The van der Waals surface area contributed by atoms with Gasteiger partial charge in [-0.25, -0.2) is 4.99 Å². The van der Waals surface area contributed by atoms with Crippen molar-refractivity contribution in [3.8, 4) is 0 Å². The van der Waals surface area contributed by atoms with E-state index in [4.69, 9.17) is 4.74 Å². The lowest BCUT2D eigenvalue weighted by Gasteiger charge is -2.18. The smallest absolute Gasteiger partial charge is 0.243 e. The number of thioether (sulfide) groups is 1. The summed E-state index contributed by atoms with van der Waals surface area (Å²) in [6.45, 7) is 1.45. The zero-order valence-corrected chi connectivity index (χ0v) is 17.1. The number of aliphatic imine (C=N–C) groups is 1. The number of nitrogens with one attached hydrogen (secondary N) is 2. The Morgan fingerprint density at radius 1 is 1.41 bits per heavy atom. The van der Waals surface area contributed by atoms with Gasteiger partial charge in [0.25, 0.3) is 0 Å². The van der Waals surface area contributed by atoms with E-state index in [0.717, 1.165) is 18.1 Å². The van der Waals surface area contributed by atoms with Gasteiger partial charge < -0.3 is 20.3 Å². The van der Waals surface area contributed by atoms with E-state index in [0.29, 0.717) is 25.2 Å². The van der Waals surface area contributed by atoms with Gasteiger partial charge in [0.2, 0.25) is 5.91 Å². The van der Waals surface area contributed by atoms with Crippen LogP contribution in [0.3, 0.4) is 0 Å². The first-order valence-corrected chi connectivity index (χ1v) is 8.62. The third-order valence-electron chi connectivity index (χ3n) is 3.53. The third kappa shape index (κ3) is 8.42. The summed E-state index contributed by atoms with van der Waals surface area (Å²) in [4.78, 5) is 17.6. The van der Waals surface area contributed by atoms with E-state index in [1.165, 1.54) is 6.42 Å². The first-order valence-electron chi connectivity index (χ1n) is 7.33. The molecule has 0 aromatic rings. The predicted molar refractivity (Wildman–Crippen MR) is 104 cm³/mol. The molecule has 2 unspecified atom stereocenters. The van der Waals surface area contributed by atoms with E-state index in [1.807, 2.05) is 11.8 Å². The van der Waals surface area contributed by atoms with Crippen molar-refractivity contribution in [2.75, 3.05) is 47.2 Å². The van der Waals surface area contributed by atoms with E-state index in [-0.39, 0.29) is 36.4 Å². The summed E-state index contributed by atoms with van der Waals surface area (Å²) >= 11 is 1.93. The largest absolute Gasteiger partial charge is 0.383 e. The molecular formula is C14H29IN4O2S. The van der Waals surface area contributed by atoms with Gasteiger partial charge >= 0.3 is 0 Å². The number of halogens is 1. The number of hydrogen-bond acceptors (Lipinski definition) is 4. The van der Waals surface area contributed by atoms with Gasteiger partial charge in [-0.3, -0.25) is 4.79 Å². The molecule has 1 amide bonds. The fraction of sp³-hybridized carbons (Fsp3) is 0.857. The molecule has 0 aliphatic heterocycles. The number of amides is 1. The molecule has 1 aliphatic carbocycles. The van der Waals surface area contributed by atoms with Crippen LogP contribution < -0.4 is 10.6 Å². The van der Waals surface area contributed by atoms with Crippen LogP contribution in [0.1, 0.15) is 19.3 Å². The van der Waals surface area contributed by atoms with E-state index in [2.05, 4.69) is 21.9 Å². The molecule has 1 fully saturated rings. The van der Waals surface area contributed by atoms with Gasteiger partial charge in [0.1, 0.15) is 6.54 Å². The third-order valence-corrected chi connectivity index (χ3v) is 4.62. The van der Waals surface area contributed by atoms with Crippen LogP contribution in [0.25, 0.3) is 0 Å². The molecule has 6 nitrogen and oxygen atoms in total. The summed E-state index contributed by atoms with van der Waals surface area (Å²) in [7, 11) is 5.15. The zero-order chi connectivity index (χ0) is 15.7. The molecular weight excluding hydrogens is 415 g/mol. The molecule has 0 heterocycles. The highest BCUT2D eigenvalue weighted by Gasteiger charge is 2.24. The number of rotatable bonds is 7. The monoisotopic (exact) mass is 444 g/mol. The Kier molecular flexibility index (Phi) is 12.1. The Balaban J connectivity index is 0.00000441. The molecule has 0 saturated heterocycles. The van der Waals surface area contributed by atoms with Crippen molar-refractivity contribution in [2.24, 2.45) is 4.99 Å². The number of ether oxygens (including phenoxy) is 1. The molecule has 0 aromatic heterocycles. The normalized spacial score (nSPS) is 21.2. The van der Waals surface area contributed by atoms with Gasteiger partial charge in [0.05, 0.1) is 6.61 Å². The van der Waals surface area contributed by atoms with E-state index >= 15 is 0 Å². The van der Waals surface area contributed by atoms with Gasteiger partial charge in [0.15, 0.2) is 5.96 Å². The van der Waals surface area contributed by atoms with Crippen molar-refractivity contribution in [1.29, 1.82) is 0 Å². The second-order valence-electron chi connectivity index (χ2n) is 5.38. The lowest BCUT2D eigenvalue weighted by molar-refractivity contribution is -0.127. The number of likely N-dealkylation sites (N-methyl/N-ethyl adjacent to an activating group) is 1. The van der Waals surface area contributed by atoms with Gasteiger partial charge in [-0.1, -0.05) is 0 Å². The lowest BCUT2D eigenvalue weighted by atomic mass is 10.2. The highest BCUT2D eigenvalue weighted by Crippen LogP contribution is 2.27. The Labute approximate surface area is 155 Å². The summed E-state index contributed by atoms with van der Waals surface area (Å²) in [5.74, 6) is 0.699. The first kappa shape index (κ1) is 21.8. The van der Waals surface area contributed by atoms with Crippen molar-refractivity contribution in [3.63, 3.8) is 0 Å². The zero-order valence-electron chi connectivity index (χ0n) is 13.9. The Morgan fingerprint density at radius 3 is 2.68 bits per heavy atom. The Bertz CT molecular complexity index is 356. The molecule has 2 N–H and O–H groups in total. The minimum absolute atomic E-state index is 0. The van der Waals surface area contributed by atoms with E-state index < -0.39 is 0 Å². The SMILES string of the molecule is COCCNC(=NCC(=O)N(C)C)NC1CCC(SC)C1.I. The van der Waals surface area contributed by atoms with Crippen molar-refractivity contribution >= 4 is 47.6 Å². The Hall–Kier alpha value is -0.220. The van der Waals surface area contributed by atoms with Gasteiger partial charge in [0, 0.05) is 39.0 Å². The van der Waals surface area contributed by atoms with E-state index in [9.17, 15) is 4.79 Å². The van der Waals surface area contributed by atoms with Crippen LogP contribution in [-0.2, 0) is 9.53 Å². The molecule has 1 aliphatic rings. The van der Waals surface area contributed by atoms with Crippen LogP contribution in [0.4, 0.5) is 0 Å². The minimum atomic E-state index is -0.00347. The van der Waals surface area contributed by atoms with Gasteiger partial charge in [-0.15, -0.1) is 24.0 Å². The summed E-state index contributed by atoms with van der Waals surface area (Å²) in [6, 6.07) is 0.436. The van der Waals surface area contributed by atoms with Crippen molar-refractivity contribution in [3.05, 3.63) is 0 Å². The molecule has 0 bridgehead atoms. The minimum Gasteiger partial charge on any atom is -0.383 e. The highest BCUT2D eigenvalue weighted by molar-refractivity contribution is 14.0. The standard InChI is InChI=1S/C14H28N4O2S.HI/c1-18(2)13(19)10-16-14(15-7-8-20-3)17-11-5-6-12(9-11)21-4;/h11-12H,5-10H2,1-4H3,(H2,15,16,17);1H. The summed E-state index contributed by atoms with van der Waals surface area (Å²) in [5, 5.41) is 7.37. The first-order chi connectivity index (χ1) is 10.1. The predicted octanol–water partition coefficient (Wildman–Crippen LogP) is 1.16. The number of carbonyl (C=O) groups excluding carboxylic acids is 1. The molecule has 0 aromatic carbocycles. The maximum absolute atomic E-state index is 11.6. The van der Waals surface area contributed by atoms with Crippen molar-refractivity contribution < 1.29 is 9.53 Å². The number of carbonyl (C=O) groups is 1. The quantitative estimate of drug-likeness (QED) is 0.267. The van der Waals surface area contributed by atoms with Crippen LogP contribution in [0, 0.1) is 0 Å². The average Bonchev–Trinajstić information content (AvgIpc) is 2.91. The molecule has 1 saturated carbocycles. The second-order valence-corrected chi connectivity index (χ2v) is 6.52. The van der Waals surface area contributed by atoms with Crippen molar-refractivity contribution in [1.82, 2.24) is 15.5 Å². The molecule has 0 radical (unpaired) electrons. The van der Waals surface area contributed by atoms with Gasteiger partial charge in [-0.2, -0.15) is 11.8 Å². The molecule has 8 heteroatoms. The van der Waals surface area contributed by atoms with Crippen LogP contribution in [-0.4, -0.2) is 75.2 Å². The topological polar surface area (TPSA) is 66.0 Å². The second kappa shape index (κ2) is 12.2. The van der Waals surface area contributed by atoms with Crippen LogP contribution >= 0.6 is 35.7 Å². The van der Waals surface area contributed by atoms with Gasteiger partial charge in [-0.05, 0) is 25.5 Å². The maximum atomic E-state index is 11.6. The highest BCUT2D eigenvalue weighted by atomic mass is 127. The van der Waals surface area contributed by atoms with Crippen LogP contribution in [0.5, 0.6) is 0 Å². The van der Waals surface area contributed by atoms with Crippen LogP contribution in [0.15, 0.2) is 4.99 Å². The summed E-state index contributed by atoms with van der Waals surface area (Å²) < 4.78 is 5.04. The molecule has 1 rings (SSSR count). The van der Waals surface area contributed by atoms with Crippen molar-refractivity contribution in [2.45, 2.75) is 30.6 Å². The molecule has 2 atom stereocenters. The average molecular weight is 444 g/mol. The maximum Gasteiger partial charge on any atom is 0.243 e. The Morgan fingerprint density at radius 2 is 2.14 bits per heavy atom. The summed E-state index contributed by atoms with van der Waals surface area (Å²) in [6.07, 6.45) is 5.70. The number of hydrogen-bond donors (Lipinski definition) is 2. The molecule has 130 valence electrons. The number of nitrogens with zero attached hydrogens (tertiary/aromatic N) is 2. The fourth-order valence-corrected chi connectivity index (χ4v) is 2.99.